The van der Waals surface area contributed by atoms with E-state index < -0.39 is 0 Å². The molecular weight excluding hydrogens is 348 g/mol. The maximum Gasteiger partial charge on any atom is 0.323 e. The zero-order valence-corrected chi connectivity index (χ0v) is 15.9. The quantitative estimate of drug-likeness (QED) is 0.420. The van der Waals surface area contributed by atoms with E-state index in [0.717, 1.165) is 17.8 Å². The molecule has 0 radical (unpaired) electrons. The zero-order valence-electron chi connectivity index (χ0n) is 15.1. The van der Waals surface area contributed by atoms with Crippen LogP contribution in [-0.4, -0.2) is 17.2 Å². The van der Waals surface area contributed by atoms with Gasteiger partial charge in [0, 0.05) is 28.4 Å². The third-order valence-corrected chi connectivity index (χ3v) is 4.83. The first-order valence-corrected chi connectivity index (χ1v) is 9.31. The van der Waals surface area contributed by atoms with Crippen LogP contribution in [0.3, 0.4) is 0 Å². The van der Waals surface area contributed by atoms with Crippen LogP contribution in [0.15, 0.2) is 53.4 Å². The standard InChI is InChI=1S/C19H24N4O2S/c1-4-13(2)26-18-11-9-16(10-12-18)21-19(25)20-15-5-7-17(8-6-15)23-22-14(3)24/h5-13,23H,4H2,1-3H3,(H,22,24)(H2,20,21,25). The van der Waals surface area contributed by atoms with Crippen LogP contribution >= 0.6 is 11.8 Å². The molecule has 0 bridgehead atoms. The van der Waals surface area contributed by atoms with Crippen LogP contribution in [-0.2, 0) is 4.79 Å². The van der Waals surface area contributed by atoms with Gasteiger partial charge in [0.15, 0.2) is 0 Å². The number of nitrogens with one attached hydrogen (secondary N) is 4. The van der Waals surface area contributed by atoms with Gasteiger partial charge in [0.25, 0.3) is 0 Å². The second-order valence-corrected chi connectivity index (χ2v) is 7.34. The van der Waals surface area contributed by atoms with Gasteiger partial charge >= 0.3 is 6.03 Å². The Morgan fingerprint density at radius 1 is 0.923 bits per heavy atom. The number of carbonyl (C=O) groups excluding carboxylic acids is 2. The molecule has 6 nitrogen and oxygen atoms in total. The number of hydrogen-bond donors (Lipinski definition) is 4. The van der Waals surface area contributed by atoms with Gasteiger partial charge < -0.3 is 10.6 Å². The van der Waals surface area contributed by atoms with Crippen molar-refractivity contribution in [3.8, 4) is 0 Å². The number of benzene rings is 2. The summed E-state index contributed by atoms with van der Waals surface area (Å²) < 4.78 is 0. The number of carbonyl (C=O) groups is 2. The fourth-order valence-electron chi connectivity index (χ4n) is 2.02. The summed E-state index contributed by atoms with van der Waals surface area (Å²) in [5, 5.41) is 6.15. The fraction of sp³-hybridized carbons (Fsp3) is 0.263. The lowest BCUT2D eigenvalue weighted by Crippen LogP contribution is -2.26. The van der Waals surface area contributed by atoms with Crippen LogP contribution in [0, 0.1) is 0 Å². The summed E-state index contributed by atoms with van der Waals surface area (Å²) in [6, 6.07) is 14.5. The van der Waals surface area contributed by atoms with Crippen LogP contribution in [0.4, 0.5) is 21.9 Å². The van der Waals surface area contributed by atoms with Crippen LogP contribution in [0.2, 0.25) is 0 Å². The van der Waals surface area contributed by atoms with Crippen molar-refractivity contribution < 1.29 is 9.59 Å². The molecular formula is C19H24N4O2S. The third kappa shape index (κ3) is 6.68. The van der Waals surface area contributed by atoms with E-state index in [0.29, 0.717) is 10.9 Å². The highest BCUT2D eigenvalue weighted by Gasteiger charge is 2.05. The Balaban J connectivity index is 1.85. The number of amides is 3. The highest BCUT2D eigenvalue weighted by molar-refractivity contribution is 7.99. The summed E-state index contributed by atoms with van der Waals surface area (Å²) in [5.41, 5.74) is 7.35. The van der Waals surface area contributed by atoms with Gasteiger partial charge in [0.1, 0.15) is 0 Å². The Bertz CT molecular complexity index is 732. The van der Waals surface area contributed by atoms with Crippen molar-refractivity contribution in [2.45, 2.75) is 37.3 Å². The molecule has 26 heavy (non-hydrogen) atoms. The van der Waals surface area contributed by atoms with E-state index in [9.17, 15) is 9.59 Å². The van der Waals surface area contributed by atoms with Crippen molar-refractivity contribution in [1.29, 1.82) is 0 Å². The largest absolute Gasteiger partial charge is 0.323 e. The van der Waals surface area contributed by atoms with Crippen molar-refractivity contribution in [3.05, 3.63) is 48.5 Å². The van der Waals surface area contributed by atoms with Crippen molar-refractivity contribution in [2.24, 2.45) is 0 Å². The van der Waals surface area contributed by atoms with Gasteiger partial charge in [0.05, 0.1) is 5.69 Å². The first kappa shape index (κ1) is 19.7. The van der Waals surface area contributed by atoms with Gasteiger partial charge in [-0.15, -0.1) is 11.8 Å². The third-order valence-electron chi connectivity index (χ3n) is 3.55. The SMILES string of the molecule is CCC(C)Sc1ccc(NC(=O)Nc2ccc(NNC(C)=O)cc2)cc1. The normalized spacial score (nSPS) is 11.3. The monoisotopic (exact) mass is 372 g/mol. The molecule has 0 heterocycles. The molecule has 0 aromatic heterocycles. The molecule has 0 saturated heterocycles. The van der Waals surface area contributed by atoms with Crippen molar-refractivity contribution in [1.82, 2.24) is 5.43 Å². The predicted molar refractivity (Wildman–Crippen MR) is 109 cm³/mol. The Hall–Kier alpha value is -2.67. The van der Waals surface area contributed by atoms with Crippen molar-refractivity contribution in [3.63, 3.8) is 0 Å². The van der Waals surface area contributed by atoms with Gasteiger partial charge in [-0.2, -0.15) is 0 Å². The minimum Gasteiger partial charge on any atom is -0.308 e. The number of anilines is 3. The lowest BCUT2D eigenvalue weighted by atomic mass is 10.3. The summed E-state index contributed by atoms with van der Waals surface area (Å²) in [7, 11) is 0. The van der Waals surface area contributed by atoms with E-state index in [-0.39, 0.29) is 11.9 Å². The second kappa shape index (κ2) is 9.72. The molecule has 138 valence electrons. The molecule has 1 atom stereocenters. The summed E-state index contributed by atoms with van der Waals surface area (Å²) in [6.07, 6.45) is 1.12. The Labute approximate surface area is 158 Å². The molecule has 2 aromatic carbocycles. The van der Waals surface area contributed by atoms with Crippen LogP contribution < -0.4 is 21.5 Å². The molecule has 0 aliphatic heterocycles. The highest BCUT2D eigenvalue weighted by atomic mass is 32.2. The first-order valence-electron chi connectivity index (χ1n) is 8.43. The topological polar surface area (TPSA) is 82.3 Å². The number of hydrogen-bond acceptors (Lipinski definition) is 4. The molecule has 0 aliphatic rings. The Kier molecular flexibility index (Phi) is 7.35. The average Bonchev–Trinajstić information content (AvgIpc) is 2.62. The molecule has 3 amide bonds. The van der Waals surface area contributed by atoms with Crippen molar-refractivity contribution >= 4 is 40.8 Å². The number of urea groups is 1. The molecule has 0 aliphatic carbocycles. The summed E-state index contributed by atoms with van der Waals surface area (Å²) in [6.45, 7) is 5.78. The molecule has 0 fully saturated rings. The molecule has 1 unspecified atom stereocenters. The molecule has 2 rings (SSSR count). The predicted octanol–water partition coefficient (Wildman–Crippen LogP) is 4.68. The Morgan fingerprint density at radius 2 is 1.42 bits per heavy atom. The summed E-state index contributed by atoms with van der Waals surface area (Å²) >= 11 is 1.82. The molecule has 7 heteroatoms. The zero-order chi connectivity index (χ0) is 18.9. The van der Waals surface area contributed by atoms with E-state index >= 15 is 0 Å². The van der Waals surface area contributed by atoms with Crippen LogP contribution in [0.25, 0.3) is 0 Å². The van der Waals surface area contributed by atoms with Gasteiger partial charge in [-0.3, -0.25) is 15.6 Å². The van der Waals surface area contributed by atoms with Gasteiger partial charge in [0.2, 0.25) is 5.91 Å². The fourth-order valence-corrected chi connectivity index (χ4v) is 2.95. The molecule has 4 N–H and O–H groups in total. The molecule has 0 saturated carbocycles. The lowest BCUT2D eigenvalue weighted by molar-refractivity contribution is -0.118. The number of rotatable bonds is 7. The van der Waals surface area contributed by atoms with E-state index in [1.165, 1.54) is 11.8 Å². The number of thioether (sulfide) groups is 1. The maximum atomic E-state index is 12.1. The maximum absolute atomic E-state index is 12.1. The minimum atomic E-state index is -0.310. The molecule has 0 spiro atoms. The lowest BCUT2D eigenvalue weighted by Gasteiger charge is -2.11. The van der Waals surface area contributed by atoms with E-state index in [1.54, 1.807) is 24.3 Å². The average molecular weight is 372 g/mol. The van der Waals surface area contributed by atoms with Gasteiger partial charge in [-0.1, -0.05) is 13.8 Å². The minimum absolute atomic E-state index is 0.180. The molecule has 2 aromatic rings. The first-order chi connectivity index (χ1) is 12.5. The van der Waals surface area contributed by atoms with E-state index in [2.05, 4.69) is 35.3 Å². The second-order valence-electron chi connectivity index (χ2n) is 5.82. The van der Waals surface area contributed by atoms with Gasteiger partial charge in [-0.25, -0.2) is 4.79 Å². The Morgan fingerprint density at radius 3 is 1.92 bits per heavy atom. The summed E-state index contributed by atoms with van der Waals surface area (Å²) in [5.74, 6) is -0.180. The van der Waals surface area contributed by atoms with Crippen LogP contribution in [0.5, 0.6) is 0 Å². The highest BCUT2D eigenvalue weighted by Crippen LogP contribution is 2.26. The van der Waals surface area contributed by atoms with E-state index in [4.69, 9.17) is 0 Å². The smallest absolute Gasteiger partial charge is 0.308 e. The van der Waals surface area contributed by atoms with Crippen LogP contribution in [0.1, 0.15) is 27.2 Å². The van der Waals surface area contributed by atoms with Crippen molar-refractivity contribution in [2.75, 3.05) is 16.1 Å². The van der Waals surface area contributed by atoms with E-state index in [1.807, 2.05) is 36.0 Å². The summed E-state index contributed by atoms with van der Waals surface area (Å²) in [4.78, 5) is 24.1. The number of hydrazine groups is 1. The van der Waals surface area contributed by atoms with Gasteiger partial charge in [-0.05, 0) is 55.0 Å².